The fourth-order valence-electron chi connectivity index (χ4n) is 2.83. The fraction of sp³-hybridized carbons (Fsp3) is 0.0500. The van der Waals surface area contributed by atoms with Crippen molar-refractivity contribution < 1.29 is 14.0 Å². The van der Waals surface area contributed by atoms with Crippen LogP contribution in [-0.2, 0) is 4.79 Å². The Kier molecular flexibility index (Phi) is 4.60. The molecule has 134 valence electrons. The summed E-state index contributed by atoms with van der Waals surface area (Å²) in [4.78, 5) is 32.1. The number of benzene rings is 2. The SMILES string of the molecule is O=C(CN1C(=O)c2cccnc2Sc2ccccc21)Nc1cccc(F)c1. The van der Waals surface area contributed by atoms with Crippen LogP contribution in [0, 0.1) is 5.82 Å². The van der Waals surface area contributed by atoms with Crippen LogP contribution in [0.25, 0.3) is 0 Å². The van der Waals surface area contributed by atoms with Gasteiger partial charge in [0.1, 0.15) is 17.4 Å². The molecule has 1 aromatic heterocycles. The smallest absolute Gasteiger partial charge is 0.261 e. The van der Waals surface area contributed by atoms with Crippen LogP contribution in [0.4, 0.5) is 15.8 Å². The van der Waals surface area contributed by atoms with Crippen molar-refractivity contribution in [2.24, 2.45) is 0 Å². The number of rotatable bonds is 3. The van der Waals surface area contributed by atoms with E-state index in [1.807, 2.05) is 18.2 Å². The molecule has 1 N–H and O–H groups in total. The van der Waals surface area contributed by atoms with Crippen molar-refractivity contribution in [1.82, 2.24) is 4.98 Å². The summed E-state index contributed by atoms with van der Waals surface area (Å²) in [5, 5.41) is 3.23. The summed E-state index contributed by atoms with van der Waals surface area (Å²) in [5.41, 5.74) is 1.42. The summed E-state index contributed by atoms with van der Waals surface area (Å²) in [7, 11) is 0. The lowest BCUT2D eigenvalue weighted by molar-refractivity contribution is -0.114. The monoisotopic (exact) mass is 379 g/mol. The van der Waals surface area contributed by atoms with E-state index >= 15 is 0 Å². The number of para-hydroxylation sites is 1. The Morgan fingerprint density at radius 1 is 1.11 bits per heavy atom. The second-order valence-electron chi connectivity index (χ2n) is 5.88. The number of anilines is 2. The van der Waals surface area contributed by atoms with Crippen molar-refractivity contribution in [3.05, 3.63) is 78.2 Å². The Balaban J connectivity index is 1.66. The van der Waals surface area contributed by atoms with E-state index in [-0.39, 0.29) is 12.5 Å². The molecule has 1 aliphatic heterocycles. The minimum atomic E-state index is -0.444. The third-order valence-electron chi connectivity index (χ3n) is 4.02. The Morgan fingerprint density at radius 3 is 2.81 bits per heavy atom. The van der Waals surface area contributed by atoms with Gasteiger partial charge in [0.2, 0.25) is 5.91 Å². The van der Waals surface area contributed by atoms with Crippen molar-refractivity contribution in [3.63, 3.8) is 0 Å². The van der Waals surface area contributed by atoms with Crippen LogP contribution in [0.15, 0.2) is 76.8 Å². The van der Waals surface area contributed by atoms with Crippen LogP contribution in [0.5, 0.6) is 0 Å². The summed E-state index contributed by atoms with van der Waals surface area (Å²) in [6.45, 7) is -0.193. The maximum absolute atomic E-state index is 13.3. The quantitative estimate of drug-likeness (QED) is 0.748. The first-order valence-corrected chi connectivity index (χ1v) is 9.02. The normalized spacial score (nSPS) is 12.8. The van der Waals surface area contributed by atoms with Gasteiger partial charge in [-0.05, 0) is 42.5 Å². The molecule has 0 spiro atoms. The van der Waals surface area contributed by atoms with Gasteiger partial charge in [0, 0.05) is 16.8 Å². The lowest BCUT2D eigenvalue weighted by atomic mass is 10.2. The molecule has 3 aromatic rings. The van der Waals surface area contributed by atoms with E-state index in [1.165, 1.54) is 34.9 Å². The molecule has 0 unspecified atom stereocenters. The van der Waals surface area contributed by atoms with Crippen LogP contribution >= 0.6 is 11.8 Å². The molecule has 0 atom stereocenters. The number of nitrogens with zero attached hydrogens (tertiary/aromatic N) is 2. The van der Waals surface area contributed by atoms with Crippen LogP contribution in [0.3, 0.4) is 0 Å². The summed E-state index contributed by atoms with van der Waals surface area (Å²) in [6, 6.07) is 16.4. The lowest BCUT2D eigenvalue weighted by Crippen LogP contribution is -2.38. The first-order valence-electron chi connectivity index (χ1n) is 8.21. The van der Waals surface area contributed by atoms with E-state index in [9.17, 15) is 14.0 Å². The molecule has 0 saturated heterocycles. The molecule has 0 aliphatic carbocycles. The predicted molar refractivity (Wildman–Crippen MR) is 102 cm³/mol. The highest BCUT2D eigenvalue weighted by Gasteiger charge is 2.29. The summed E-state index contributed by atoms with van der Waals surface area (Å²) < 4.78 is 13.3. The van der Waals surface area contributed by atoms with Crippen LogP contribution in [-0.4, -0.2) is 23.3 Å². The number of carbonyl (C=O) groups excluding carboxylic acids is 2. The standard InChI is InChI=1S/C20H14FN3O2S/c21-13-5-3-6-14(11-13)23-18(25)12-24-16-8-1-2-9-17(16)27-19-15(20(24)26)7-4-10-22-19/h1-11H,12H2,(H,23,25). The summed E-state index contributed by atoms with van der Waals surface area (Å²) in [6.07, 6.45) is 1.63. The lowest BCUT2D eigenvalue weighted by Gasteiger charge is -2.22. The zero-order valence-electron chi connectivity index (χ0n) is 14.1. The van der Waals surface area contributed by atoms with Gasteiger partial charge in [-0.3, -0.25) is 14.5 Å². The molecule has 0 bridgehead atoms. The zero-order valence-corrected chi connectivity index (χ0v) is 14.9. The van der Waals surface area contributed by atoms with Gasteiger partial charge in [-0.15, -0.1) is 0 Å². The summed E-state index contributed by atoms with van der Waals surface area (Å²) >= 11 is 1.39. The molecule has 0 radical (unpaired) electrons. The number of hydrogen-bond acceptors (Lipinski definition) is 4. The van der Waals surface area contributed by atoms with Crippen molar-refractivity contribution >= 4 is 35.0 Å². The van der Waals surface area contributed by atoms with Crippen LogP contribution < -0.4 is 10.2 Å². The highest BCUT2D eigenvalue weighted by Crippen LogP contribution is 2.39. The molecule has 5 nitrogen and oxygen atoms in total. The summed E-state index contributed by atoms with van der Waals surface area (Å²) in [5.74, 6) is -1.16. The van der Waals surface area contributed by atoms with E-state index in [0.29, 0.717) is 22.0 Å². The van der Waals surface area contributed by atoms with Gasteiger partial charge in [0.15, 0.2) is 0 Å². The van der Waals surface area contributed by atoms with Gasteiger partial charge in [0.05, 0.1) is 11.3 Å². The Hall–Kier alpha value is -3.19. The number of pyridine rings is 1. The molecular weight excluding hydrogens is 365 g/mol. The minimum absolute atomic E-state index is 0.193. The number of halogens is 1. The van der Waals surface area contributed by atoms with Crippen LogP contribution in [0.2, 0.25) is 0 Å². The Labute approximate surface area is 159 Å². The van der Waals surface area contributed by atoms with E-state index < -0.39 is 11.7 Å². The molecule has 0 saturated carbocycles. The van der Waals surface area contributed by atoms with E-state index in [4.69, 9.17) is 0 Å². The number of aromatic nitrogens is 1. The number of nitrogens with one attached hydrogen (secondary N) is 1. The third-order valence-corrected chi connectivity index (χ3v) is 5.10. The van der Waals surface area contributed by atoms with Crippen molar-refractivity contribution in [2.75, 3.05) is 16.8 Å². The molecule has 2 heterocycles. The van der Waals surface area contributed by atoms with Gasteiger partial charge in [-0.1, -0.05) is 30.0 Å². The van der Waals surface area contributed by atoms with Crippen molar-refractivity contribution in [1.29, 1.82) is 0 Å². The van der Waals surface area contributed by atoms with Crippen molar-refractivity contribution in [3.8, 4) is 0 Å². The highest BCUT2D eigenvalue weighted by atomic mass is 32.2. The van der Waals surface area contributed by atoms with Crippen LogP contribution in [0.1, 0.15) is 10.4 Å². The van der Waals surface area contributed by atoms with E-state index in [2.05, 4.69) is 10.3 Å². The van der Waals surface area contributed by atoms with Crippen molar-refractivity contribution in [2.45, 2.75) is 9.92 Å². The maximum Gasteiger partial charge on any atom is 0.261 e. The minimum Gasteiger partial charge on any atom is -0.324 e. The van der Waals surface area contributed by atoms with Gasteiger partial charge in [-0.2, -0.15) is 0 Å². The molecule has 27 heavy (non-hydrogen) atoms. The highest BCUT2D eigenvalue weighted by molar-refractivity contribution is 7.99. The number of amides is 2. The average molecular weight is 379 g/mol. The third kappa shape index (κ3) is 3.54. The van der Waals surface area contributed by atoms with Gasteiger partial charge in [0.25, 0.3) is 5.91 Å². The second kappa shape index (κ2) is 7.20. The maximum atomic E-state index is 13.3. The van der Waals surface area contributed by atoms with E-state index in [1.54, 1.807) is 30.5 Å². The first-order chi connectivity index (χ1) is 13.1. The molecule has 4 rings (SSSR count). The molecule has 2 aromatic carbocycles. The van der Waals surface area contributed by atoms with E-state index in [0.717, 1.165) is 4.90 Å². The average Bonchev–Trinajstić information content (AvgIpc) is 2.77. The topological polar surface area (TPSA) is 62.3 Å². The molecular formula is C20H14FN3O2S. The first kappa shape index (κ1) is 17.2. The zero-order chi connectivity index (χ0) is 18.8. The Morgan fingerprint density at radius 2 is 1.96 bits per heavy atom. The largest absolute Gasteiger partial charge is 0.324 e. The number of hydrogen-bond donors (Lipinski definition) is 1. The van der Waals surface area contributed by atoms with Gasteiger partial charge >= 0.3 is 0 Å². The molecule has 1 aliphatic rings. The molecule has 2 amide bonds. The Bertz CT molecular complexity index is 1040. The molecule has 0 fully saturated rings. The second-order valence-corrected chi connectivity index (χ2v) is 6.91. The molecule has 7 heteroatoms. The number of fused-ring (bicyclic) bond motifs is 2. The van der Waals surface area contributed by atoms with Gasteiger partial charge in [-0.25, -0.2) is 9.37 Å². The fourth-order valence-corrected chi connectivity index (χ4v) is 3.84. The number of carbonyl (C=O) groups is 2. The van der Waals surface area contributed by atoms with Gasteiger partial charge < -0.3 is 5.32 Å². The predicted octanol–water partition coefficient (Wildman–Crippen LogP) is 3.97.